The number of hydrogen-bond acceptors (Lipinski definition) is 4. The minimum atomic E-state index is -0.0603. The molecular weight excluding hydrogens is 316 g/mol. The molecule has 2 heterocycles. The summed E-state index contributed by atoms with van der Waals surface area (Å²) in [5, 5.41) is 3.05. The molecule has 6 nitrogen and oxygen atoms in total. The summed E-state index contributed by atoms with van der Waals surface area (Å²) in [7, 11) is 0. The van der Waals surface area contributed by atoms with Crippen LogP contribution in [0, 0.1) is 17.8 Å². The van der Waals surface area contributed by atoms with E-state index in [2.05, 4.69) is 15.3 Å². The number of furan rings is 1. The number of aromatic nitrogens is 2. The van der Waals surface area contributed by atoms with E-state index in [1.165, 1.54) is 6.42 Å². The summed E-state index contributed by atoms with van der Waals surface area (Å²) < 4.78 is 5.37. The van der Waals surface area contributed by atoms with E-state index in [9.17, 15) is 4.79 Å². The molecule has 2 fully saturated rings. The number of anilines is 1. The van der Waals surface area contributed by atoms with Crippen molar-refractivity contribution in [2.75, 3.05) is 5.32 Å². The van der Waals surface area contributed by atoms with Gasteiger partial charge >= 0.3 is 0 Å². The number of nitrogens with two attached hydrogens (primary N) is 1. The van der Waals surface area contributed by atoms with Crippen LogP contribution in [-0.4, -0.2) is 21.9 Å². The summed E-state index contributed by atoms with van der Waals surface area (Å²) in [4.78, 5) is 20.5. The smallest absolute Gasteiger partial charge is 0.229 e. The Morgan fingerprint density at radius 2 is 2.16 bits per heavy atom. The molecule has 2 aromatic heterocycles. The Hall–Kier alpha value is -2.60. The molecule has 4 atom stereocenters. The summed E-state index contributed by atoms with van der Waals surface area (Å²) in [6.07, 6.45) is 5.02. The zero-order valence-corrected chi connectivity index (χ0v) is 13.7. The number of hydrogen-bond donors (Lipinski definition) is 3. The largest absolute Gasteiger partial charge is 0.461 e. The van der Waals surface area contributed by atoms with E-state index in [0.29, 0.717) is 23.4 Å². The highest BCUT2D eigenvalue weighted by molar-refractivity contribution is 5.95. The fraction of sp³-hybridized carbons (Fsp3) is 0.368. The van der Waals surface area contributed by atoms with Gasteiger partial charge in [0.25, 0.3) is 0 Å². The van der Waals surface area contributed by atoms with E-state index in [-0.39, 0.29) is 17.9 Å². The standard InChI is InChI=1S/C19H20N4O2/c20-17-11-4-3-10(8-11)16(17)19(24)21-12-5-6-13-14(9-12)23-18(22-13)15-2-1-7-25-15/h1-2,5-7,9-11,16-17H,3-4,8,20H2,(H,21,24)(H,22,23). The van der Waals surface area contributed by atoms with Crippen LogP contribution in [0.3, 0.4) is 0 Å². The summed E-state index contributed by atoms with van der Waals surface area (Å²) in [5.74, 6) is 2.32. The third kappa shape index (κ3) is 2.36. The lowest BCUT2D eigenvalue weighted by Gasteiger charge is -2.27. The normalized spacial score (nSPS) is 27.9. The zero-order chi connectivity index (χ0) is 17.0. The van der Waals surface area contributed by atoms with Crippen molar-refractivity contribution < 1.29 is 9.21 Å². The number of carbonyl (C=O) groups is 1. The first kappa shape index (κ1) is 14.7. The van der Waals surface area contributed by atoms with Crippen LogP contribution in [0.5, 0.6) is 0 Å². The second kappa shape index (κ2) is 5.46. The molecule has 2 bridgehead atoms. The van der Waals surface area contributed by atoms with Gasteiger partial charge in [-0.05, 0) is 61.4 Å². The number of aromatic amines is 1. The summed E-state index contributed by atoms with van der Waals surface area (Å²) in [5.41, 5.74) is 8.74. The Morgan fingerprint density at radius 3 is 2.92 bits per heavy atom. The van der Waals surface area contributed by atoms with Gasteiger partial charge in [0, 0.05) is 11.7 Å². The van der Waals surface area contributed by atoms with Crippen LogP contribution in [0.4, 0.5) is 5.69 Å². The molecule has 2 aliphatic rings. The third-order valence-corrected chi connectivity index (χ3v) is 5.79. The van der Waals surface area contributed by atoms with Crippen molar-refractivity contribution in [2.45, 2.75) is 25.3 Å². The SMILES string of the molecule is NC1C2CCC(C2)C1C(=O)Nc1ccc2nc(-c3ccco3)[nH]c2c1. The average Bonchev–Trinajstić information content (AvgIpc) is 3.37. The van der Waals surface area contributed by atoms with Crippen molar-refractivity contribution in [1.82, 2.24) is 9.97 Å². The molecule has 2 saturated carbocycles. The zero-order valence-electron chi connectivity index (χ0n) is 13.7. The molecule has 3 aromatic rings. The molecule has 0 radical (unpaired) electrons. The molecule has 0 aliphatic heterocycles. The lowest BCUT2D eigenvalue weighted by atomic mass is 9.84. The molecule has 0 spiro atoms. The summed E-state index contributed by atoms with van der Waals surface area (Å²) >= 11 is 0. The van der Waals surface area contributed by atoms with E-state index in [1.807, 2.05) is 30.3 Å². The minimum absolute atomic E-state index is 0.000177. The van der Waals surface area contributed by atoms with E-state index in [4.69, 9.17) is 10.2 Å². The van der Waals surface area contributed by atoms with E-state index in [1.54, 1.807) is 6.26 Å². The first-order valence-electron chi connectivity index (χ1n) is 8.79. The van der Waals surface area contributed by atoms with Crippen molar-refractivity contribution in [2.24, 2.45) is 23.5 Å². The number of carbonyl (C=O) groups excluding carboxylic acids is 1. The fourth-order valence-electron chi connectivity index (χ4n) is 4.57. The van der Waals surface area contributed by atoms with Gasteiger partial charge in [-0.2, -0.15) is 0 Å². The van der Waals surface area contributed by atoms with Crippen LogP contribution in [0.1, 0.15) is 19.3 Å². The van der Waals surface area contributed by atoms with Crippen molar-refractivity contribution in [1.29, 1.82) is 0 Å². The van der Waals surface area contributed by atoms with Gasteiger partial charge in [-0.15, -0.1) is 0 Å². The van der Waals surface area contributed by atoms with Gasteiger partial charge in [-0.3, -0.25) is 4.79 Å². The number of amides is 1. The highest BCUT2D eigenvalue weighted by Gasteiger charge is 2.49. The second-order valence-electron chi connectivity index (χ2n) is 7.22. The molecule has 5 rings (SSSR count). The predicted octanol–water partition coefficient (Wildman–Crippen LogP) is 3.13. The molecule has 1 aromatic carbocycles. The number of nitrogens with one attached hydrogen (secondary N) is 2. The third-order valence-electron chi connectivity index (χ3n) is 5.79. The molecule has 128 valence electrons. The van der Waals surface area contributed by atoms with E-state index >= 15 is 0 Å². The van der Waals surface area contributed by atoms with Crippen molar-refractivity contribution in [3.8, 4) is 11.6 Å². The van der Waals surface area contributed by atoms with Crippen molar-refractivity contribution >= 4 is 22.6 Å². The van der Waals surface area contributed by atoms with Gasteiger partial charge in [0.15, 0.2) is 11.6 Å². The van der Waals surface area contributed by atoms with Gasteiger partial charge in [0.05, 0.1) is 23.2 Å². The molecule has 4 unspecified atom stereocenters. The van der Waals surface area contributed by atoms with Crippen molar-refractivity contribution in [3.05, 3.63) is 36.6 Å². The highest BCUT2D eigenvalue weighted by atomic mass is 16.3. The maximum atomic E-state index is 12.7. The van der Waals surface area contributed by atoms with Crippen LogP contribution < -0.4 is 11.1 Å². The van der Waals surface area contributed by atoms with Crippen LogP contribution in [-0.2, 0) is 4.79 Å². The topological polar surface area (TPSA) is 96.9 Å². The molecule has 0 saturated heterocycles. The van der Waals surface area contributed by atoms with Gasteiger partial charge in [-0.25, -0.2) is 4.98 Å². The Labute approximate surface area is 144 Å². The fourth-order valence-corrected chi connectivity index (χ4v) is 4.57. The average molecular weight is 336 g/mol. The Balaban J connectivity index is 1.39. The van der Waals surface area contributed by atoms with Gasteiger partial charge < -0.3 is 20.5 Å². The molecule has 2 aliphatic carbocycles. The first-order valence-corrected chi connectivity index (χ1v) is 8.79. The number of nitrogens with zero attached hydrogens (tertiary/aromatic N) is 1. The minimum Gasteiger partial charge on any atom is -0.461 e. The number of rotatable bonds is 3. The quantitative estimate of drug-likeness (QED) is 0.684. The van der Waals surface area contributed by atoms with E-state index in [0.717, 1.165) is 29.6 Å². The number of fused-ring (bicyclic) bond motifs is 3. The maximum Gasteiger partial charge on any atom is 0.229 e. The molecule has 6 heteroatoms. The molecular formula is C19H20N4O2. The van der Waals surface area contributed by atoms with Crippen molar-refractivity contribution in [3.63, 3.8) is 0 Å². The Morgan fingerprint density at radius 1 is 1.28 bits per heavy atom. The lowest BCUT2D eigenvalue weighted by molar-refractivity contribution is -0.121. The number of benzene rings is 1. The second-order valence-corrected chi connectivity index (χ2v) is 7.22. The van der Waals surface area contributed by atoms with Crippen LogP contribution in [0.2, 0.25) is 0 Å². The monoisotopic (exact) mass is 336 g/mol. The summed E-state index contributed by atoms with van der Waals surface area (Å²) in [6.45, 7) is 0. The van der Waals surface area contributed by atoms with Gasteiger partial charge in [0.1, 0.15) is 0 Å². The first-order chi connectivity index (χ1) is 12.2. The van der Waals surface area contributed by atoms with Crippen LogP contribution in [0.15, 0.2) is 41.0 Å². The highest BCUT2D eigenvalue weighted by Crippen LogP contribution is 2.47. The lowest BCUT2D eigenvalue weighted by Crippen LogP contribution is -2.42. The predicted molar refractivity (Wildman–Crippen MR) is 94.7 cm³/mol. The van der Waals surface area contributed by atoms with Gasteiger partial charge in [-0.1, -0.05) is 0 Å². The maximum absolute atomic E-state index is 12.7. The molecule has 4 N–H and O–H groups in total. The van der Waals surface area contributed by atoms with Gasteiger partial charge in [0.2, 0.25) is 5.91 Å². The van der Waals surface area contributed by atoms with E-state index < -0.39 is 0 Å². The molecule has 25 heavy (non-hydrogen) atoms. The number of imidazole rings is 1. The Bertz CT molecular complexity index is 928. The van der Waals surface area contributed by atoms with Crippen LogP contribution in [0.25, 0.3) is 22.6 Å². The number of H-pyrrole nitrogens is 1. The van der Waals surface area contributed by atoms with Crippen LogP contribution >= 0.6 is 0 Å². The Kier molecular flexibility index (Phi) is 3.21. The summed E-state index contributed by atoms with van der Waals surface area (Å²) in [6, 6.07) is 9.37. The molecule has 1 amide bonds.